The Morgan fingerprint density at radius 1 is 1.04 bits per heavy atom. The number of benzene rings is 2. The molecular weight excluding hydrogens is 356 g/mol. The second-order valence-corrected chi connectivity index (χ2v) is 6.84. The Balaban J connectivity index is 1.91. The first-order valence-electron chi connectivity index (χ1n) is 9.08. The van der Waals surface area contributed by atoms with Crippen LogP contribution in [-0.4, -0.2) is 40.8 Å². The summed E-state index contributed by atoms with van der Waals surface area (Å²) in [4.78, 5) is 37.9. The van der Waals surface area contributed by atoms with E-state index in [1.54, 1.807) is 11.7 Å². The fraction of sp³-hybridized carbons (Fsp3) is 0.227. The lowest BCUT2D eigenvalue weighted by Gasteiger charge is -2.17. The van der Waals surface area contributed by atoms with Gasteiger partial charge >= 0.3 is 0 Å². The molecule has 0 unspecified atom stereocenters. The van der Waals surface area contributed by atoms with Gasteiger partial charge in [-0.1, -0.05) is 18.2 Å². The molecule has 2 aromatic carbocycles. The monoisotopic (exact) mass is 376 g/mol. The molecule has 0 saturated carbocycles. The SMILES string of the molecule is COc1ccc2c(c1)c(CCN(C(C)=O)C(C)=O)c1n2C(=O)c2ccccc2-1. The maximum absolute atomic E-state index is 13.0. The molecule has 6 heteroatoms. The number of fused-ring (bicyclic) bond motifs is 5. The van der Waals surface area contributed by atoms with Gasteiger partial charge in [-0.25, -0.2) is 0 Å². The molecule has 28 heavy (non-hydrogen) atoms. The third-order valence-corrected chi connectivity index (χ3v) is 5.24. The van der Waals surface area contributed by atoms with Gasteiger partial charge in [0.1, 0.15) is 5.75 Å². The number of hydrogen-bond acceptors (Lipinski definition) is 4. The maximum Gasteiger partial charge on any atom is 0.263 e. The fourth-order valence-corrected chi connectivity index (χ4v) is 3.97. The molecule has 1 aliphatic heterocycles. The number of aromatic nitrogens is 1. The molecule has 2 amide bonds. The van der Waals surface area contributed by atoms with Crippen LogP contribution >= 0.6 is 0 Å². The van der Waals surface area contributed by atoms with Crippen molar-refractivity contribution < 1.29 is 19.1 Å². The first-order chi connectivity index (χ1) is 13.4. The van der Waals surface area contributed by atoms with Gasteiger partial charge in [-0.3, -0.25) is 23.9 Å². The summed E-state index contributed by atoms with van der Waals surface area (Å²) in [6, 6.07) is 13.1. The quantitative estimate of drug-likeness (QED) is 0.548. The van der Waals surface area contributed by atoms with Crippen molar-refractivity contribution in [1.82, 2.24) is 9.47 Å². The van der Waals surface area contributed by atoms with Gasteiger partial charge in [0.15, 0.2) is 0 Å². The summed E-state index contributed by atoms with van der Waals surface area (Å²) in [5.74, 6) is 0.0409. The summed E-state index contributed by atoms with van der Waals surface area (Å²) in [5.41, 5.74) is 4.08. The van der Waals surface area contributed by atoms with Gasteiger partial charge in [0.2, 0.25) is 11.8 Å². The Bertz CT molecular complexity index is 1130. The standard InChI is InChI=1S/C22H20N2O4/c1-13(25)23(14(2)26)11-10-17-19-12-15(28-3)8-9-20(19)24-21(17)16-6-4-5-7-18(16)22(24)27/h4-9,12H,10-11H2,1-3H3. The van der Waals surface area contributed by atoms with Gasteiger partial charge < -0.3 is 4.74 Å². The Labute approximate surface area is 162 Å². The van der Waals surface area contributed by atoms with E-state index >= 15 is 0 Å². The van der Waals surface area contributed by atoms with Crippen LogP contribution in [0.25, 0.3) is 22.2 Å². The van der Waals surface area contributed by atoms with Gasteiger partial charge in [0, 0.05) is 36.9 Å². The lowest BCUT2D eigenvalue weighted by atomic mass is 9.99. The van der Waals surface area contributed by atoms with E-state index in [-0.39, 0.29) is 24.3 Å². The molecule has 0 atom stereocenters. The number of hydrogen-bond donors (Lipinski definition) is 0. The molecule has 0 radical (unpaired) electrons. The third-order valence-electron chi connectivity index (χ3n) is 5.24. The normalized spacial score (nSPS) is 12.0. The minimum absolute atomic E-state index is 0.0676. The molecule has 142 valence electrons. The maximum atomic E-state index is 13.0. The average Bonchev–Trinajstić information content (AvgIpc) is 3.15. The van der Waals surface area contributed by atoms with Crippen LogP contribution in [0.4, 0.5) is 0 Å². The Hall–Kier alpha value is -3.41. The van der Waals surface area contributed by atoms with Gasteiger partial charge in [-0.2, -0.15) is 0 Å². The van der Waals surface area contributed by atoms with Crippen molar-refractivity contribution in [3.63, 3.8) is 0 Å². The molecule has 1 aromatic heterocycles. The fourth-order valence-electron chi connectivity index (χ4n) is 3.97. The highest BCUT2D eigenvalue weighted by molar-refractivity contribution is 6.16. The van der Waals surface area contributed by atoms with Crippen LogP contribution in [0, 0.1) is 0 Å². The molecule has 0 fully saturated rings. The zero-order valence-electron chi connectivity index (χ0n) is 16.0. The first-order valence-corrected chi connectivity index (χ1v) is 9.08. The Morgan fingerprint density at radius 3 is 2.36 bits per heavy atom. The van der Waals surface area contributed by atoms with Gasteiger partial charge in [-0.05, 0) is 36.2 Å². The van der Waals surface area contributed by atoms with Gasteiger partial charge in [0.25, 0.3) is 5.91 Å². The minimum atomic E-state index is -0.290. The van der Waals surface area contributed by atoms with Crippen molar-refractivity contribution in [2.45, 2.75) is 20.3 Å². The number of imide groups is 1. The number of carbonyl (C=O) groups excluding carboxylic acids is 3. The number of ether oxygens (including phenoxy) is 1. The molecule has 3 aromatic rings. The predicted molar refractivity (Wildman–Crippen MR) is 105 cm³/mol. The summed E-state index contributed by atoms with van der Waals surface area (Å²) < 4.78 is 7.09. The molecular formula is C22H20N2O4. The van der Waals surface area contributed by atoms with Crippen LogP contribution in [0.2, 0.25) is 0 Å². The summed E-state index contributed by atoms with van der Waals surface area (Å²) in [6.45, 7) is 3.02. The lowest BCUT2D eigenvalue weighted by Crippen LogP contribution is -2.35. The number of carbonyl (C=O) groups is 3. The minimum Gasteiger partial charge on any atom is -0.497 e. The second kappa shape index (κ2) is 6.64. The molecule has 1 aliphatic rings. The topological polar surface area (TPSA) is 68.6 Å². The summed E-state index contributed by atoms with van der Waals surface area (Å²) in [5, 5.41) is 0.893. The zero-order valence-corrected chi connectivity index (χ0v) is 16.0. The highest BCUT2D eigenvalue weighted by Gasteiger charge is 2.32. The lowest BCUT2D eigenvalue weighted by molar-refractivity contribution is -0.142. The van der Waals surface area contributed by atoms with E-state index in [0.29, 0.717) is 17.7 Å². The smallest absolute Gasteiger partial charge is 0.263 e. The van der Waals surface area contributed by atoms with Crippen molar-refractivity contribution in [1.29, 1.82) is 0 Å². The van der Waals surface area contributed by atoms with Gasteiger partial charge in [0.05, 0.1) is 18.3 Å². The van der Waals surface area contributed by atoms with Crippen molar-refractivity contribution >= 4 is 28.6 Å². The van der Waals surface area contributed by atoms with Crippen LogP contribution in [0.3, 0.4) is 0 Å². The van der Waals surface area contributed by atoms with Crippen LogP contribution in [0.15, 0.2) is 42.5 Å². The summed E-state index contributed by atoms with van der Waals surface area (Å²) in [7, 11) is 1.60. The number of nitrogens with zero attached hydrogens (tertiary/aromatic N) is 2. The van der Waals surface area contributed by atoms with Crippen LogP contribution in [-0.2, 0) is 16.0 Å². The van der Waals surface area contributed by atoms with Crippen molar-refractivity contribution in [3.05, 3.63) is 53.6 Å². The molecule has 0 aliphatic carbocycles. The van der Waals surface area contributed by atoms with E-state index < -0.39 is 0 Å². The van der Waals surface area contributed by atoms with Crippen LogP contribution < -0.4 is 4.74 Å². The number of amides is 2. The van der Waals surface area contributed by atoms with Crippen LogP contribution in [0.5, 0.6) is 5.75 Å². The molecule has 2 heterocycles. The van der Waals surface area contributed by atoms with E-state index in [2.05, 4.69) is 0 Å². The van der Waals surface area contributed by atoms with Crippen LogP contribution in [0.1, 0.15) is 29.8 Å². The van der Waals surface area contributed by atoms with E-state index in [1.165, 1.54) is 18.7 Å². The second-order valence-electron chi connectivity index (χ2n) is 6.84. The summed E-state index contributed by atoms with van der Waals surface area (Å²) >= 11 is 0. The van der Waals surface area contributed by atoms with E-state index in [0.717, 1.165) is 27.7 Å². The molecule has 0 saturated heterocycles. The van der Waals surface area contributed by atoms with E-state index in [9.17, 15) is 14.4 Å². The third kappa shape index (κ3) is 2.60. The zero-order chi connectivity index (χ0) is 20.0. The number of rotatable bonds is 4. The molecule has 0 N–H and O–H groups in total. The highest BCUT2D eigenvalue weighted by atomic mass is 16.5. The first kappa shape index (κ1) is 18.0. The number of methoxy groups -OCH3 is 1. The molecule has 0 bridgehead atoms. The van der Waals surface area contributed by atoms with Crippen molar-refractivity contribution in [3.8, 4) is 17.0 Å². The Morgan fingerprint density at radius 2 is 1.71 bits per heavy atom. The Kier molecular flexibility index (Phi) is 4.26. The highest BCUT2D eigenvalue weighted by Crippen LogP contribution is 2.42. The summed E-state index contributed by atoms with van der Waals surface area (Å²) in [6.07, 6.45) is 0.451. The average molecular weight is 376 g/mol. The molecule has 6 nitrogen and oxygen atoms in total. The van der Waals surface area contributed by atoms with Crippen molar-refractivity contribution in [2.24, 2.45) is 0 Å². The van der Waals surface area contributed by atoms with Gasteiger partial charge in [-0.15, -0.1) is 0 Å². The molecule has 0 spiro atoms. The predicted octanol–water partition coefficient (Wildman–Crippen LogP) is 3.26. The van der Waals surface area contributed by atoms with Crippen molar-refractivity contribution in [2.75, 3.05) is 13.7 Å². The molecule has 4 rings (SSSR count). The largest absolute Gasteiger partial charge is 0.497 e. The van der Waals surface area contributed by atoms with E-state index in [4.69, 9.17) is 4.74 Å². The van der Waals surface area contributed by atoms with E-state index in [1.807, 2.05) is 42.5 Å².